The summed E-state index contributed by atoms with van der Waals surface area (Å²) in [6.07, 6.45) is 12.7. The maximum atomic E-state index is 12.5. The molecule has 3 heterocycles. The molecular weight excluding hydrogens is 492 g/mol. The first-order valence-electron chi connectivity index (χ1n) is 14.6. The maximum absolute atomic E-state index is 12.5. The number of aromatic nitrogens is 2. The summed E-state index contributed by atoms with van der Waals surface area (Å²) >= 11 is 0. The number of ether oxygens (including phenoxy) is 3. The summed E-state index contributed by atoms with van der Waals surface area (Å²) in [7, 11) is 0. The van der Waals surface area contributed by atoms with Crippen molar-refractivity contribution in [2.45, 2.75) is 71.7 Å². The molecule has 0 atom stereocenters. The van der Waals surface area contributed by atoms with Crippen LogP contribution in [-0.4, -0.2) is 66.6 Å². The van der Waals surface area contributed by atoms with Crippen LogP contribution in [0.5, 0.6) is 0 Å². The van der Waals surface area contributed by atoms with Crippen molar-refractivity contribution in [3.63, 3.8) is 0 Å². The summed E-state index contributed by atoms with van der Waals surface area (Å²) < 4.78 is 17.8. The number of carbonyl (C=O) groups is 1. The second-order valence-electron chi connectivity index (χ2n) is 10.4. The predicted molar refractivity (Wildman–Crippen MR) is 153 cm³/mol. The molecule has 2 aliphatic rings. The highest BCUT2D eigenvalue weighted by atomic mass is 16.7. The largest absolute Gasteiger partial charge is 0.445 e. The van der Waals surface area contributed by atoms with Crippen LogP contribution in [0.15, 0.2) is 48.8 Å². The van der Waals surface area contributed by atoms with Crippen molar-refractivity contribution < 1.29 is 19.0 Å². The van der Waals surface area contributed by atoms with Crippen molar-refractivity contribution in [3.05, 3.63) is 59.9 Å². The Morgan fingerprint density at radius 2 is 1.64 bits per heavy atom. The van der Waals surface area contributed by atoms with Gasteiger partial charge in [0.2, 0.25) is 5.95 Å². The molecule has 0 saturated carbocycles. The van der Waals surface area contributed by atoms with Crippen LogP contribution in [0.3, 0.4) is 0 Å². The number of nitrogens with zero attached hydrogens (tertiary/aromatic N) is 4. The smallest absolute Gasteiger partial charge is 0.410 e. The Hall–Kier alpha value is -2.97. The molecule has 1 saturated heterocycles. The summed E-state index contributed by atoms with van der Waals surface area (Å²) in [5, 5.41) is 0. The van der Waals surface area contributed by atoms with E-state index < -0.39 is 0 Å². The van der Waals surface area contributed by atoms with Crippen LogP contribution in [0.1, 0.15) is 69.9 Å². The van der Waals surface area contributed by atoms with Crippen LogP contribution < -0.4 is 4.90 Å². The van der Waals surface area contributed by atoms with E-state index in [2.05, 4.69) is 24.8 Å². The fraction of sp³-hybridized carbons (Fsp3) is 0.581. The summed E-state index contributed by atoms with van der Waals surface area (Å²) in [6.45, 7) is 9.14. The molecular formula is C31H44N4O4. The zero-order chi connectivity index (χ0) is 27.3. The van der Waals surface area contributed by atoms with Crippen molar-refractivity contribution in [2.24, 2.45) is 5.92 Å². The molecule has 1 fully saturated rings. The van der Waals surface area contributed by atoms with Gasteiger partial charge in [0, 0.05) is 63.3 Å². The van der Waals surface area contributed by atoms with Gasteiger partial charge in [0.1, 0.15) is 6.61 Å². The van der Waals surface area contributed by atoms with Gasteiger partial charge in [-0.2, -0.15) is 0 Å². The molecule has 39 heavy (non-hydrogen) atoms. The first kappa shape index (κ1) is 29.0. The van der Waals surface area contributed by atoms with Gasteiger partial charge in [0.05, 0.1) is 0 Å². The Bertz CT molecular complexity index is 1010. The van der Waals surface area contributed by atoms with Crippen LogP contribution in [0.2, 0.25) is 0 Å². The van der Waals surface area contributed by atoms with Gasteiger partial charge in [-0.1, -0.05) is 63.1 Å². The molecule has 1 aromatic carbocycles. The second-order valence-corrected chi connectivity index (χ2v) is 10.4. The topological polar surface area (TPSA) is 77.0 Å². The van der Waals surface area contributed by atoms with Crippen LogP contribution >= 0.6 is 0 Å². The van der Waals surface area contributed by atoms with Gasteiger partial charge >= 0.3 is 6.09 Å². The minimum Gasteiger partial charge on any atom is -0.445 e. The summed E-state index contributed by atoms with van der Waals surface area (Å²) in [5.74, 6) is 1.18. The monoisotopic (exact) mass is 536 g/mol. The van der Waals surface area contributed by atoms with Crippen LogP contribution in [0, 0.1) is 5.92 Å². The van der Waals surface area contributed by atoms with E-state index in [9.17, 15) is 4.79 Å². The van der Waals surface area contributed by atoms with Gasteiger partial charge < -0.3 is 24.0 Å². The van der Waals surface area contributed by atoms with E-state index in [1.807, 2.05) is 42.7 Å². The van der Waals surface area contributed by atoms with Crippen LogP contribution in [0.4, 0.5) is 10.7 Å². The number of unbranched alkanes of at least 4 members (excludes halogenated alkanes) is 2. The number of carbonyl (C=O) groups excluding carboxylic acids is 1. The van der Waals surface area contributed by atoms with Crippen molar-refractivity contribution in [3.8, 4) is 0 Å². The van der Waals surface area contributed by atoms with Gasteiger partial charge in [-0.3, -0.25) is 0 Å². The number of benzene rings is 1. The molecule has 1 aromatic heterocycles. The zero-order valence-electron chi connectivity index (χ0n) is 23.6. The molecule has 0 aliphatic carbocycles. The van der Waals surface area contributed by atoms with E-state index in [0.29, 0.717) is 19.0 Å². The van der Waals surface area contributed by atoms with E-state index in [1.54, 1.807) is 4.90 Å². The number of hydrogen-bond acceptors (Lipinski definition) is 7. The van der Waals surface area contributed by atoms with Crippen molar-refractivity contribution >= 4 is 17.6 Å². The molecule has 0 bridgehead atoms. The average Bonchev–Trinajstić information content (AvgIpc) is 3.00. The minimum absolute atomic E-state index is 0.109. The lowest BCUT2D eigenvalue weighted by Crippen LogP contribution is -2.40. The van der Waals surface area contributed by atoms with Crippen molar-refractivity contribution in [1.82, 2.24) is 14.9 Å². The third-order valence-electron chi connectivity index (χ3n) is 7.45. The van der Waals surface area contributed by atoms with Gasteiger partial charge in [-0.15, -0.1) is 0 Å². The Morgan fingerprint density at radius 1 is 0.974 bits per heavy atom. The number of amides is 1. The average molecular weight is 537 g/mol. The van der Waals surface area contributed by atoms with Gasteiger partial charge in [0.25, 0.3) is 0 Å². The molecule has 212 valence electrons. The molecule has 0 radical (unpaired) electrons. The van der Waals surface area contributed by atoms with Crippen molar-refractivity contribution in [1.29, 1.82) is 0 Å². The summed E-state index contributed by atoms with van der Waals surface area (Å²) in [4.78, 5) is 25.8. The molecule has 4 rings (SSSR count). The lowest BCUT2D eigenvalue weighted by atomic mass is 9.96. The van der Waals surface area contributed by atoms with E-state index in [4.69, 9.17) is 24.2 Å². The molecule has 8 heteroatoms. The lowest BCUT2D eigenvalue weighted by molar-refractivity contribution is -0.177. The normalized spacial score (nSPS) is 16.4. The predicted octanol–water partition coefficient (Wildman–Crippen LogP) is 6.08. The van der Waals surface area contributed by atoms with Crippen LogP contribution in [-0.2, 0) is 20.8 Å². The van der Waals surface area contributed by atoms with Crippen molar-refractivity contribution in [2.75, 3.05) is 44.3 Å². The minimum atomic E-state index is -0.280. The van der Waals surface area contributed by atoms with E-state index >= 15 is 0 Å². The van der Waals surface area contributed by atoms with E-state index in [1.165, 1.54) is 5.57 Å². The molecule has 0 N–H and O–H groups in total. The first-order valence-corrected chi connectivity index (χ1v) is 14.6. The number of hydrogen-bond donors (Lipinski definition) is 0. The van der Waals surface area contributed by atoms with Gasteiger partial charge in [-0.05, 0) is 43.2 Å². The van der Waals surface area contributed by atoms with E-state index in [-0.39, 0.29) is 19.0 Å². The standard InChI is InChI=1S/C31H44N4O4/c1-3-5-20-37-29(38-21-6-4-2)27-14-16-34(17-15-27)30-32-22-28(23-33-30)26-12-18-35(19-13-26)31(36)39-24-25-10-8-7-9-11-25/h7-12,22-23,27,29H,3-6,13-21,24H2,1-2H3. The van der Waals surface area contributed by atoms with Crippen LogP contribution in [0.25, 0.3) is 5.57 Å². The molecule has 0 spiro atoms. The highest BCUT2D eigenvalue weighted by Gasteiger charge is 2.29. The highest BCUT2D eigenvalue weighted by molar-refractivity contribution is 5.72. The Labute approximate surface area is 233 Å². The number of piperidine rings is 1. The summed E-state index contributed by atoms with van der Waals surface area (Å²) in [5.41, 5.74) is 3.17. The summed E-state index contributed by atoms with van der Waals surface area (Å²) in [6, 6.07) is 9.75. The molecule has 0 unspecified atom stereocenters. The quantitative estimate of drug-likeness (QED) is 0.227. The zero-order valence-corrected chi connectivity index (χ0v) is 23.6. The van der Waals surface area contributed by atoms with Gasteiger partial charge in [-0.25, -0.2) is 14.8 Å². The maximum Gasteiger partial charge on any atom is 0.410 e. The number of anilines is 1. The lowest BCUT2D eigenvalue weighted by Gasteiger charge is -2.35. The number of rotatable bonds is 13. The molecule has 8 nitrogen and oxygen atoms in total. The third-order valence-corrected chi connectivity index (χ3v) is 7.45. The Balaban J connectivity index is 1.24. The molecule has 2 aromatic rings. The highest BCUT2D eigenvalue weighted by Crippen LogP contribution is 2.27. The Kier molecular flexibility index (Phi) is 11.6. The van der Waals surface area contributed by atoms with Gasteiger partial charge in [0.15, 0.2) is 6.29 Å². The Morgan fingerprint density at radius 3 is 2.23 bits per heavy atom. The third kappa shape index (κ3) is 8.77. The molecule has 1 amide bonds. The fourth-order valence-corrected chi connectivity index (χ4v) is 4.94. The first-order chi connectivity index (χ1) is 19.2. The molecule has 2 aliphatic heterocycles. The fourth-order valence-electron chi connectivity index (χ4n) is 4.94. The second kappa shape index (κ2) is 15.6. The SMILES string of the molecule is CCCCOC(OCCCC)C1CCN(c2ncc(C3=CCN(C(=O)OCc4ccccc4)CC3)cn2)CC1. The van der Waals surface area contributed by atoms with E-state index in [0.717, 1.165) is 88.3 Å².